The van der Waals surface area contributed by atoms with E-state index in [4.69, 9.17) is 9.47 Å². The van der Waals surface area contributed by atoms with Gasteiger partial charge in [0.1, 0.15) is 0 Å². The molecule has 176 valence electrons. The van der Waals surface area contributed by atoms with Crippen molar-refractivity contribution in [3.63, 3.8) is 0 Å². The Bertz CT molecular complexity index is 794. The molecule has 3 saturated heterocycles. The van der Waals surface area contributed by atoms with Crippen LogP contribution >= 0.6 is 12.4 Å². The topological polar surface area (TPSA) is 62.3 Å². The Morgan fingerprint density at radius 1 is 0.875 bits per heavy atom. The number of amides is 2. The summed E-state index contributed by atoms with van der Waals surface area (Å²) in [6, 6.07) is 10.5. The lowest BCUT2D eigenvalue weighted by molar-refractivity contribution is -0.149. The minimum Gasteiger partial charge on any atom is -0.369 e. The molecule has 0 spiro atoms. The minimum atomic E-state index is -0.621. The Labute approximate surface area is 196 Å². The molecule has 2 amide bonds. The van der Waals surface area contributed by atoms with E-state index < -0.39 is 5.79 Å². The second-order valence-electron chi connectivity index (χ2n) is 9.74. The Hall–Kier alpha value is -1.67. The number of piperazine rings is 1. The number of fused-ring (bicyclic) bond motifs is 2. The lowest BCUT2D eigenvalue weighted by Gasteiger charge is -2.36. The fourth-order valence-corrected chi connectivity index (χ4v) is 5.73. The Morgan fingerprint density at radius 3 is 2.00 bits per heavy atom. The molecule has 4 unspecified atom stereocenters. The third-order valence-corrected chi connectivity index (χ3v) is 7.26. The number of carbonyl (C=O) groups is 2. The Balaban J connectivity index is 0.00000245. The van der Waals surface area contributed by atoms with Crippen molar-refractivity contribution >= 4 is 29.9 Å². The molecule has 3 aliphatic heterocycles. The fraction of sp³-hybridized carbons (Fsp3) is 0.667. The highest BCUT2D eigenvalue weighted by molar-refractivity contribution is 6.05. The monoisotopic (exact) mass is 463 g/mol. The lowest BCUT2D eigenvalue weighted by Crippen LogP contribution is -2.47. The third kappa shape index (κ3) is 4.53. The van der Waals surface area contributed by atoms with Crippen molar-refractivity contribution in [2.45, 2.75) is 51.1 Å². The number of nitrogens with zero attached hydrogens (tertiary/aromatic N) is 3. The molecular weight excluding hydrogens is 430 g/mol. The maximum Gasteiger partial charge on any atom is 0.233 e. The molecule has 1 aromatic rings. The number of imide groups is 1. The molecule has 3 heterocycles. The van der Waals surface area contributed by atoms with E-state index in [1.54, 1.807) is 0 Å². The number of halogens is 1. The molecule has 0 bridgehead atoms. The van der Waals surface area contributed by atoms with Gasteiger partial charge in [0, 0.05) is 38.4 Å². The first-order chi connectivity index (χ1) is 14.9. The number of benzene rings is 1. The van der Waals surface area contributed by atoms with Gasteiger partial charge in [-0.05, 0) is 51.8 Å². The van der Waals surface area contributed by atoms with Gasteiger partial charge < -0.3 is 14.4 Å². The number of hydrogen-bond donors (Lipinski definition) is 0. The van der Waals surface area contributed by atoms with E-state index in [2.05, 4.69) is 34.1 Å². The van der Waals surface area contributed by atoms with E-state index in [-0.39, 0.29) is 48.3 Å². The van der Waals surface area contributed by atoms with Gasteiger partial charge in [0.15, 0.2) is 5.79 Å². The van der Waals surface area contributed by atoms with E-state index >= 15 is 0 Å². The van der Waals surface area contributed by atoms with Crippen molar-refractivity contribution in [1.29, 1.82) is 0 Å². The molecule has 4 atom stereocenters. The summed E-state index contributed by atoms with van der Waals surface area (Å²) in [6.07, 6.45) is 1.88. The molecule has 1 saturated carbocycles. The maximum absolute atomic E-state index is 13.0. The minimum absolute atomic E-state index is 0. The van der Waals surface area contributed by atoms with Gasteiger partial charge in [-0.25, -0.2) is 0 Å². The molecule has 0 aromatic heterocycles. The van der Waals surface area contributed by atoms with Crippen molar-refractivity contribution < 1.29 is 19.1 Å². The second-order valence-corrected chi connectivity index (χ2v) is 9.74. The van der Waals surface area contributed by atoms with E-state index in [0.717, 1.165) is 39.1 Å². The van der Waals surface area contributed by atoms with Crippen LogP contribution in [0.5, 0.6) is 0 Å². The van der Waals surface area contributed by atoms with Gasteiger partial charge in [-0.2, -0.15) is 0 Å². The number of carbonyl (C=O) groups excluding carboxylic acids is 2. The average molecular weight is 464 g/mol. The predicted molar refractivity (Wildman–Crippen MR) is 124 cm³/mol. The first-order valence-corrected chi connectivity index (χ1v) is 11.6. The molecule has 4 fully saturated rings. The smallest absolute Gasteiger partial charge is 0.233 e. The molecule has 0 N–H and O–H groups in total. The Kier molecular flexibility index (Phi) is 6.82. The second kappa shape index (κ2) is 9.29. The first-order valence-electron chi connectivity index (χ1n) is 11.6. The molecular formula is C24H34ClN3O4. The molecule has 5 rings (SSSR count). The summed E-state index contributed by atoms with van der Waals surface area (Å²) in [6.45, 7) is 9.27. The summed E-state index contributed by atoms with van der Waals surface area (Å²) >= 11 is 0. The zero-order valence-electron chi connectivity index (χ0n) is 18.9. The summed E-state index contributed by atoms with van der Waals surface area (Å²) in [5.74, 6) is -1.10. The maximum atomic E-state index is 13.0. The largest absolute Gasteiger partial charge is 0.369 e. The summed E-state index contributed by atoms with van der Waals surface area (Å²) in [7, 11) is 0. The zero-order chi connectivity index (χ0) is 21.6. The zero-order valence-corrected chi connectivity index (χ0v) is 19.8. The highest BCUT2D eigenvalue weighted by Gasteiger charge is 2.56. The van der Waals surface area contributed by atoms with Crippen LogP contribution in [-0.4, -0.2) is 78.9 Å². The SMILES string of the molecule is CC1(C)OC2CC3C(=O)N(CCCN4CCN(c5ccccc5)CC4)C(=O)C3CC2O1.Cl. The van der Waals surface area contributed by atoms with Crippen LogP contribution < -0.4 is 4.90 Å². The highest BCUT2D eigenvalue weighted by Crippen LogP contribution is 2.45. The van der Waals surface area contributed by atoms with Crippen LogP contribution in [0.2, 0.25) is 0 Å². The van der Waals surface area contributed by atoms with E-state index in [0.29, 0.717) is 19.4 Å². The molecule has 32 heavy (non-hydrogen) atoms. The van der Waals surface area contributed by atoms with Crippen LogP contribution in [0.1, 0.15) is 33.1 Å². The van der Waals surface area contributed by atoms with Crippen LogP contribution in [0.15, 0.2) is 30.3 Å². The van der Waals surface area contributed by atoms with Gasteiger partial charge in [0.05, 0.1) is 24.0 Å². The van der Waals surface area contributed by atoms with Crippen LogP contribution in [0.25, 0.3) is 0 Å². The molecule has 7 nitrogen and oxygen atoms in total. The molecule has 1 aliphatic carbocycles. The molecule has 8 heteroatoms. The summed E-state index contributed by atoms with van der Waals surface area (Å²) < 4.78 is 11.9. The number of hydrogen-bond acceptors (Lipinski definition) is 6. The van der Waals surface area contributed by atoms with E-state index in [9.17, 15) is 9.59 Å². The number of para-hydroxylation sites is 1. The first kappa shape index (κ1) is 23.5. The quantitative estimate of drug-likeness (QED) is 0.625. The number of likely N-dealkylation sites (tertiary alicyclic amines) is 1. The van der Waals surface area contributed by atoms with Crippen molar-refractivity contribution in [3.05, 3.63) is 30.3 Å². The number of rotatable bonds is 5. The van der Waals surface area contributed by atoms with Gasteiger partial charge >= 0.3 is 0 Å². The normalized spacial score (nSPS) is 31.9. The van der Waals surface area contributed by atoms with Gasteiger partial charge in [0.25, 0.3) is 0 Å². The predicted octanol–water partition coefficient (Wildman–Crippen LogP) is 2.54. The molecule has 1 aromatic carbocycles. The average Bonchev–Trinajstić information content (AvgIpc) is 3.19. The van der Waals surface area contributed by atoms with Gasteiger partial charge in [-0.15, -0.1) is 12.4 Å². The molecule has 4 aliphatic rings. The van der Waals surface area contributed by atoms with Crippen LogP contribution in [-0.2, 0) is 19.1 Å². The number of ether oxygens (including phenoxy) is 2. The van der Waals surface area contributed by atoms with Gasteiger partial charge in [-0.3, -0.25) is 19.4 Å². The van der Waals surface area contributed by atoms with Gasteiger partial charge in [0.2, 0.25) is 11.8 Å². The lowest BCUT2D eigenvalue weighted by atomic mass is 9.78. The van der Waals surface area contributed by atoms with Crippen molar-refractivity contribution in [2.75, 3.05) is 44.2 Å². The fourth-order valence-electron chi connectivity index (χ4n) is 5.73. The standard InChI is InChI=1S/C24H33N3O4.ClH/c1-24(2)30-20-15-18-19(16-21(20)31-24)23(29)27(22(18)28)10-6-9-25-11-13-26(14-12-25)17-7-4-3-5-8-17;/h3-5,7-8,18-21H,6,9-16H2,1-2H3;1H. The summed E-state index contributed by atoms with van der Waals surface area (Å²) in [4.78, 5) is 32.3. The number of anilines is 1. The van der Waals surface area contributed by atoms with Crippen LogP contribution in [0.4, 0.5) is 5.69 Å². The molecule has 0 radical (unpaired) electrons. The summed E-state index contributed by atoms with van der Waals surface area (Å²) in [5, 5.41) is 0. The van der Waals surface area contributed by atoms with E-state index in [1.807, 2.05) is 19.9 Å². The highest BCUT2D eigenvalue weighted by atomic mass is 35.5. The van der Waals surface area contributed by atoms with Crippen LogP contribution in [0, 0.1) is 11.8 Å². The summed E-state index contributed by atoms with van der Waals surface area (Å²) in [5.41, 5.74) is 1.28. The van der Waals surface area contributed by atoms with Crippen molar-refractivity contribution in [1.82, 2.24) is 9.80 Å². The third-order valence-electron chi connectivity index (χ3n) is 7.26. The van der Waals surface area contributed by atoms with Crippen molar-refractivity contribution in [3.8, 4) is 0 Å². The van der Waals surface area contributed by atoms with Gasteiger partial charge in [-0.1, -0.05) is 18.2 Å². The van der Waals surface area contributed by atoms with E-state index in [1.165, 1.54) is 10.6 Å². The van der Waals surface area contributed by atoms with Crippen molar-refractivity contribution in [2.24, 2.45) is 11.8 Å². The Morgan fingerprint density at radius 2 is 1.44 bits per heavy atom. The van der Waals surface area contributed by atoms with Crippen LogP contribution in [0.3, 0.4) is 0 Å².